The van der Waals surface area contributed by atoms with E-state index in [1.54, 1.807) is 6.08 Å². The predicted octanol–water partition coefficient (Wildman–Crippen LogP) is 2.31. The van der Waals surface area contributed by atoms with E-state index in [-0.39, 0.29) is 43.0 Å². The maximum absolute atomic E-state index is 12.5. The molecule has 0 N–H and O–H groups in total. The van der Waals surface area contributed by atoms with Crippen LogP contribution in [0, 0.1) is 39.9 Å². The number of hydrogen-bond acceptors (Lipinski definition) is 7. The summed E-state index contributed by atoms with van der Waals surface area (Å²) >= 11 is 0. The Kier molecular flexibility index (Phi) is 5.20. The zero-order valence-electron chi connectivity index (χ0n) is 15.8. The fourth-order valence-electron chi connectivity index (χ4n) is 4.27. The number of allylic oxidation sites excluding steroid dienone is 5. The van der Waals surface area contributed by atoms with E-state index in [0.717, 1.165) is 5.57 Å². The highest BCUT2D eigenvalue weighted by Gasteiger charge is 2.47. The number of Topliss-reactive ketones (excluding diaryl/α,β-unsaturated/α-hetero) is 1. The molecule has 0 unspecified atom stereocenters. The van der Waals surface area contributed by atoms with Crippen molar-refractivity contribution in [3.05, 3.63) is 34.4 Å². The van der Waals surface area contributed by atoms with Crippen LogP contribution >= 0.6 is 0 Å². The molecule has 2 atom stereocenters. The van der Waals surface area contributed by atoms with Gasteiger partial charge in [0.05, 0.1) is 25.2 Å². The first kappa shape index (κ1) is 19.6. The van der Waals surface area contributed by atoms with Crippen LogP contribution in [0.25, 0.3) is 0 Å². The van der Waals surface area contributed by atoms with Gasteiger partial charge in [0.25, 0.3) is 0 Å². The van der Waals surface area contributed by atoms with Crippen LogP contribution in [-0.4, -0.2) is 31.4 Å². The fraction of sp³-hybridized carbons (Fsp3) is 0.476. The topological polar surface area (TPSA) is 117 Å². The summed E-state index contributed by atoms with van der Waals surface area (Å²) in [4.78, 5) is 35.7. The molecule has 0 aromatic heterocycles. The first-order valence-corrected chi connectivity index (χ1v) is 9.05. The van der Waals surface area contributed by atoms with Crippen LogP contribution in [-0.2, 0) is 23.9 Å². The molecule has 28 heavy (non-hydrogen) atoms. The van der Waals surface area contributed by atoms with Crippen LogP contribution in [0.4, 0.5) is 0 Å². The van der Waals surface area contributed by atoms with Gasteiger partial charge in [-0.25, -0.2) is 0 Å². The number of fused-ring (bicyclic) bond motifs is 2. The number of nitriles is 2. The summed E-state index contributed by atoms with van der Waals surface area (Å²) < 4.78 is 9.87. The molecule has 144 valence electrons. The molecule has 3 aliphatic carbocycles. The highest BCUT2D eigenvalue weighted by atomic mass is 16.5. The number of carbonyl (C=O) groups excluding carboxylic acids is 3. The number of methoxy groups -OCH3 is 1. The molecule has 3 aliphatic rings. The number of ether oxygens (including phenoxy) is 2. The summed E-state index contributed by atoms with van der Waals surface area (Å²) in [6, 6.07) is 4.29. The molecule has 0 saturated heterocycles. The lowest BCUT2D eigenvalue weighted by molar-refractivity contribution is -0.146. The molecule has 0 aliphatic heterocycles. The Balaban J connectivity index is 2.09. The fourth-order valence-corrected chi connectivity index (χ4v) is 4.27. The van der Waals surface area contributed by atoms with Crippen LogP contribution < -0.4 is 0 Å². The zero-order valence-corrected chi connectivity index (χ0v) is 15.8. The number of rotatable bonds is 3. The van der Waals surface area contributed by atoms with Gasteiger partial charge in [-0.2, -0.15) is 10.5 Å². The minimum atomic E-state index is -1.43. The van der Waals surface area contributed by atoms with Crippen molar-refractivity contribution in [2.75, 3.05) is 13.7 Å². The van der Waals surface area contributed by atoms with Crippen molar-refractivity contribution >= 4 is 17.7 Å². The van der Waals surface area contributed by atoms with Gasteiger partial charge < -0.3 is 9.47 Å². The monoisotopic (exact) mass is 380 g/mol. The van der Waals surface area contributed by atoms with Crippen molar-refractivity contribution in [1.29, 1.82) is 10.5 Å². The Bertz CT molecular complexity index is 911. The summed E-state index contributed by atoms with van der Waals surface area (Å²) in [5.74, 6) is -1.65. The summed E-state index contributed by atoms with van der Waals surface area (Å²) in [5, 5.41) is 19.8. The molecule has 7 nitrogen and oxygen atoms in total. The van der Waals surface area contributed by atoms with Crippen molar-refractivity contribution in [3.63, 3.8) is 0 Å². The average molecular weight is 380 g/mol. The Hall–Kier alpha value is -3.19. The summed E-state index contributed by atoms with van der Waals surface area (Å²) in [7, 11) is 1.33. The molecule has 0 heterocycles. The summed E-state index contributed by atoms with van der Waals surface area (Å²) in [5.41, 5.74) is 0.956. The van der Waals surface area contributed by atoms with Crippen molar-refractivity contribution in [1.82, 2.24) is 0 Å². The number of carbonyl (C=O) groups is 3. The third-order valence-corrected chi connectivity index (χ3v) is 5.67. The molecule has 0 spiro atoms. The van der Waals surface area contributed by atoms with E-state index in [4.69, 9.17) is 9.47 Å². The van der Waals surface area contributed by atoms with Gasteiger partial charge in [0.15, 0.2) is 11.2 Å². The van der Waals surface area contributed by atoms with Gasteiger partial charge in [-0.3, -0.25) is 14.4 Å². The Labute approximate surface area is 162 Å². The van der Waals surface area contributed by atoms with Crippen molar-refractivity contribution in [3.8, 4) is 12.1 Å². The first-order valence-electron chi connectivity index (χ1n) is 9.05. The number of esters is 2. The lowest BCUT2D eigenvalue weighted by Crippen LogP contribution is -2.30. The van der Waals surface area contributed by atoms with Crippen LogP contribution in [0.15, 0.2) is 34.4 Å². The number of ketones is 1. The quantitative estimate of drug-likeness (QED) is 0.544. The van der Waals surface area contributed by atoms with E-state index in [1.807, 2.05) is 6.08 Å². The second kappa shape index (κ2) is 7.44. The molecule has 0 aromatic rings. The summed E-state index contributed by atoms with van der Waals surface area (Å²) in [6.45, 7) is 1.10. The lowest BCUT2D eigenvalue weighted by Gasteiger charge is -2.31. The SMILES string of the molecule is COC(=O)[C@H]1CC=C2[C@H](C=C3CC(=O)C(COC(C)=O)=C3CC2(C#N)C#N)C1. The zero-order chi connectivity index (χ0) is 20.5. The highest BCUT2D eigenvalue weighted by molar-refractivity contribution is 6.03. The highest BCUT2D eigenvalue weighted by Crippen LogP contribution is 2.50. The minimum Gasteiger partial charge on any atom is -0.469 e. The molecule has 0 radical (unpaired) electrons. The molecule has 3 rings (SSSR count). The molecular weight excluding hydrogens is 360 g/mol. The third kappa shape index (κ3) is 3.25. The van der Waals surface area contributed by atoms with E-state index >= 15 is 0 Å². The van der Waals surface area contributed by atoms with E-state index in [9.17, 15) is 24.9 Å². The molecule has 0 bridgehead atoms. The Morgan fingerprint density at radius 3 is 2.64 bits per heavy atom. The van der Waals surface area contributed by atoms with E-state index in [2.05, 4.69) is 12.1 Å². The normalized spacial score (nSPS) is 25.2. The van der Waals surface area contributed by atoms with Crippen LogP contribution in [0.5, 0.6) is 0 Å². The maximum Gasteiger partial charge on any atom is 0.309 e. The van der Waals surface area contributed by atoms with Crippen molar-refractivity contribution in [2.45, 2.75) is 32.6 Å². The Morgan fingerprint density at radius 1 is 1.32 bits per heavy atom. The second-order valence-corrected chi connectivity index (χ2v) is 7.29. The maximum atomic E-state index is 12.5. The van der Waals surface area contributed by atoms with E-state index in [1.165, 1.54) is 14.0 Å². The van der Waals surface area contributed by atoms with Crippen LogP contribution in [0.2, 0.25) is 0 Å². The molecule has 0 saturated carbocycles. The number of hydrogen-bond donors (Lipinski definition) is 0. The van der Waals surface area contributed by atoms with E-state index in [0.29, 0.717) is 29.6 Å². The standard InChI is InChI=1S/C21H20N2O5/c1-12(24)28-9-17-16-8-21(10-22,11-23)18-4-3-13(20(26)27-2)5-15(18)6-14(16)7-19(17)25/h4,6,13,15H,3,5,7-9H2,1-2H3/t13-,15-/m0/s1. The van der Waals surface area contributed by atoms with E-state index < -0.39 is 11.4 Å². The van der Waals surface area contributed by atoms with Gasteiger partial charge >= 0.3 is 11.9 Å². The molecule has 0 aromatic carbocycles. The average Bonchev–Trinajstić information content (AvgIpc) is 2.89. The van der Waals surface area contributed by atoms with Gasteiger partial charge in [0, 0.05) is 31.3 Å². The molecular formula is C21H20N2O5. The summed E-state index contributed by atoms with van der Waals surface area (Å²) in [6.07, 6.45) is 4.74. The molecule has 0 amide bonds. The predicted molar refractivity (Wildman–Crippen MR) is 96.0 cm³/mol. The third-order valence-electron chi connectivity index (χ3n) is 5.67. The largest absolute Gasteiger partial charge is 0.469 e. The van der Waals surface area contributed by atoms with Crippen molar-refractivity contribution in [2.24, 2.45) is 17.3 Å². The number of nitrogens with zero attached hydrogens (tertiary/aromatic N) is 2. The minimum absolute atomic E-state index is 0.0688. The molecule has 0 fully saturated rings. The smallest absolute Gasteiger partial charge is 0.309 e. The van der Waals surface area contributed by atoms with Gasteiger partial charge in [-0.1, -0.05) is 12.2 Å². The second-order valence-electron chi connectivity index (χ2n) is 7.29. The van der Waals surface area contributed by atoms with Crippen LogP contribution in [0.3, 0.4) is 0 Å². The first-order chi connectivity index (χ1) is 13.3. The van der Waals surface area contributed by atoms with Gasteiger partial charge in [-0.15, -0.1) is 0 Å². The van der Waals surface area contributed by atoms with Gasteiger partial charge in [-0.05, 0) is 29.6 Å². The van der Waals surface area contributed by atoms with Gasteiger partial charge in [0.1, 0.15) is 6.61 Å². The van der Waals surface area contributed by atoms with Gasteiger partial charge in [0.2, 0.25) is 0 Å². The Morgan fingerprint density at radius 2 is 2.04 bits per heavy atom. The van der Waals surface area contributed by atoms with Crippen LogP contribution in [0.1, 0.15) is 32.6 Å². The molecule has 7 heteroatoms. The van der Waals surface area contributed by atoms with Crippen molar-refractivity contribution < 1.29 is 23.9 Å². The lowest BCUT2D eigenvalue weighted by atomic mass is 9.68.